The third kappa shape index (κ3) is 5.71. The number of carbonyl (C=O) groups excluding carboxylic acids is 1. The largest absolute Gasteiger partial charge is 0.463 e. The maximum Gasteiger partial charge on any atom is 0.338 e. The number of para-hydroxylation sites is 2. The summed E-state index contributed by atoms with van der Waals surface area (Å²) < 4.78 is 7.70. The van der Waals surface area contributed by atoms with E-state index in [0.717, 1.165) is 37.1 Å². The Balaban J connectivity index is 1.77. The van der Waals surface area contributed by atoms with Gasteiger partial charge in [0, 0.05) is 32.4 Å². The van der Waals surface area contributed by atoms with E-state index in [1.165, 1.54) is 0 Å². The summed E-state index contributed by atoms with van der Waals surface area (Å²) in [6, 6.07) is 36.5. The highest BCUT2D eigenvalue weighted by Crippen LogP contribution is 2.48. The van der Waals surface area contributed by atoms with Crippen LogP contribution >= 0.6 is 31.9 Å². The van der Waals surface area contributed by atoms with E-state index < -0.39 is 0 Å². The minimum atomic E-state index is -0.377. The Morgan fingerprint density at radius 1 is 0.816 bits per heavy atom. The van der Waals surface area contributed by atoms with Crippen molar-refractivity contribution >= 4 is 49.2 Å². The standard InChI is InChI=1S/C32H28Br2N2O2/c1-2-38-32(37)30-28(35-26-9-5-3-6-10-26)21-29(22-13-17-24(33)18-14-22)36(27-11-7-4-8-12-27)31(30)23-15-19-25(34)20-16-23/h3-20,29,31,35H,2,21H2,1H3/t29-,31+/m1/s1. The Kier molecular flexibility index (Phi) is 8.30. The molecule has 0 spiro atoms. The van der Waals surface area contributed by atoms with Gasteiger partial charge in [0.15, 0.2) is 0 Å². The van der Waals surface area contributed by atoms with Gasteiger partial charge in [-0.15, -0.1) is 0 Å². The molecule has 1 aliphatic rings. The summed E-state index contributed by atoms with van der Waals surface area (Å²) in [4.78, 5) is 16.1. The fourth-order valence-corrected chi connectivity index (χ4v) is 5.54. The third-order valence-corrected chi connectivity index (χ3v) is 7.73. The van der Waals surface area contributed by atoms with E-state index in [4.69, 9.17) is 4.74 Å². The monoisotopic (exact) mass is 630 g/mol. The number of hydrogen-bond donors (Lipinski definition) is 1. The molecule has 1 aliphatic heterocycles. The molecule has 0 fully saturated rings. The maximum absolute atomic E-state index is 13.8. The molecule has 192 valence electrons. The van der Waals surface area contributed by atoms with Crippen molar-refractivity contribution in [2.75, 3.05) is 16.8 Å². The lowest BCUT2D eigenvalue weighted by molar-refractivity contribution is -0.139. The van der Waals surface area contributed by atoms with E-state index in [9.17, 15) is 4.79 Å². The van der Waals surface area contributed by atoms with Gasteiger partial charge in [-0.05, 0) is 66.6 Å². The second-order valence-electron chi connectivity index (χ2n) is 9.07. The molecule has 0 aromatic heterocycles. The number of benzene rings is 4. The van der Waals surface area contributed by atoms with E-state index >= 15 is 0 Å². The number of nitrogens with one attached hydrogen (secondary N) is 1. The first-order valence-corrected chi connectivity index (χ1v) is 14.2. The fraction of sp³-hybridized carbons (Fsp3) is 0.156. The van der Waals surface area contributed by atoms with E-state index in [1.807, 2.05) is 67.6 Å². The zero-order chi connectivity index (χ0) is 26.5. The first-order chi connectivity index (χ1) is 18.5. The van der Waals surface area contributed by atoms with Crippen LogP contribution in [0, 0.1) is 0 Å². The van der Waals surface area contributed by atoms with Crippen molar-refractivity contribution in [1.82, 2.24) is 0 Å². The van der Waals surface area contributed by atoms with Gasteiger partial charge in [-0.3, -0.25) is 0 Å². The molecule has 4 nitrogen and oxygen atoms in total. The Hall–Kier alpha value is -3.35. The molecular formula is C32H28Br2N2O2. The lowest BCUT2D eigenvalue weighted by Gasteiger charge is -2.46. The van der Waals surface area contributed by atoms with Crippen LogP contribution in [-0.2, 0) is 9.53 Å². The molecule has 6 heteroatoms. The van der Waals surface area contributed by atoms with Gasteiger partial charge in [-0.25, -0.2) is 4.79 Å². The number of rotatable bonds is 7. The topological polar surface area (TPSA) is 41.6 Å². The average molecular weight is 632 g/mol. The molecule has 0 aliphatic carbocycles. The Labute approximate surface area is 240 Å². The predicted molar refractivity (Wildman–Crippen MR) is 161 cm³/mol. The summed E-state index contributed by atoms with van der Waals surface area (Å²) in [6.07, 6.45) is 0.604. The smallest absolute Gasteiger partial charge is 0.338 e. The normalized spacial score (nSPS) is 17.3. The van der Waals surface area contributed by atoms with Gasteiger partial charge in [0.2, 0.25) is 0 Å². The molecule has 5 rings (SSSR count). The number of esters is 1. The average Bonchev–Trinajstić information content (AvgIpc) is 2.94. The third-order valence-electron chi connectivity index (χ3n) is 6.67. The molecule has 38 heavy (non-hydrogen) atoms. The quantitative estimate of drug-likeness (QED) is 0.207. The van der Waals surface area contributed by atoms with Crippen LogP contribution in [0.4, 0.5) is 11.4 Å². The molecule has 0 amide bonds. The first-order valence-electron chi connectivity index (χ1n) is 12.6. The molecule has 0 unspecified atom stereocenters. The van der Waals surface area contributed by atoms with E-state index in [1.54, 1.807) is 0 Å². The maximum atomic E-state index is 13.8. The van der Waals surface area contributed by atoms with Gasteiger partial charge in [0.05, 0.1) is 24.3 Å². The van der Waals surface area contributed by atoms with Crippen LogP contribution in [0.1, 0.15) is 36.6 Å². The van der Waals surface area contributed by atoms with E-state index in [-0.39, 0.29) is 18.1 Å². The molecule has 0 saturated heterocycles. The number of anilines is 2. The van der Waals surface area contributed by atoms with Crippen molar-refractivity contribution in [2.45, 2.75) is 25.4 Å². The van der Waals surface area contributed by atoms with E-state index in [2.05, 4.69) is 90.6 Å². The van der Waals surface area contributed by atoms with E-state index in [0.29, 0.717) is 18.6 Å². The second kappa shape index (κ2) is 12.0. The lowest BCUT2D eigenvalue weighted by atomic mass is 9.84. The summed E-state index contributed by atoms with van der Waals surface area (Å²) in [6.45, 7) is 2.15. The van der Waals surface area contributed by atoms with Crippen molar-refractivity contribution in [3.8, 4) is 0 Å². The van der Waals surface area contributed by atoms with Crippen LogP contribution < -0.4 is 10.2 Å². The van der Waals surface area contributed by atoms with Crippen molar-refractivity contribution < 1.29 is 9.53 Å². The molecule has 0 radical (unpaired) electrons. The highest BCUT2D eigenvalue weighted by molar-refractivity contribution is 9.10. The summed E-state index contributed by atoms with van der Waals surface area (Å²) in [7, 11) is 0. The highest BCUT2D eigenvalue weighted by Gasteiger charge is 2.41. The minimum absolute atomic E-state index is 0.0384. The van der Waals surface area contributed by atoms with Crippen LogP contribution in [0.3, 0.4) is 0 Å². The van der Waals surface area contributed by atoms with Crippen molar-refractivity contribution in [3.05, 3.63) is 141 Å². The van der Waals surface area contributed by atoms with Gasteiger partial charge in [-0.1, -0.05) is 92.5 Å². The molecule has 0 saturated carbocycles. The lowest BCUT2D eigenvalue weighted by Crippen LogP contribution is -2.41. The zero-order valence-corrected chi connectivity index (χ0v) is 24.2. The molecule has 0 bridgehead atoms. The van der Waals surface area contributed by atoms with Gasteiger partial charge in [-0.2, -0.15) is 0 Å². The number of ether oxygens (including phenoxy) is 1. The van der Waals surface area contributed by atoms with Crippen LogP contribution in [0.2, 0.25) is 0 Å². The van der Waals surface area contributed by atoms with Crippen LogP contribution in [0.5, 0.6) is 0 Å². The fourth-order valence-electron chi connectivity index (χ4n) is 5.01. The number of nitrogens with zero attached hydrogens (tertiary/aromatic N) is 1. The second-order valence-corrected chi connectivity index (χ2v) is 10.9. The molecule has 1 N–H and O–H groups in total. The number of halogens is 2. The Bertz CT molecular complexity index is 1410. The highest BCUT2D eigenvalue weighted by atomic mass is 79.9. The number of carbonyl (C=O) groups is 1. The van der Waals surface area contributed by atoms with Crippen molar-refractivity contribution in [3.63, 3.8) is 0 Å². The molecule has 4 aromatic carbocycles. The molecule has 4 aromatic rings. The Morgan fingerprint density at radius 2 is 1.37 bits per heavy atom. The summed E-state index contributed by atoms with van der Waals surface area (Å²) >= 11 is 7.16. The number of hydrogen-bond acceptors (Lipinski definition) is 4. The molecule has 1 heterocycles. The first kappa shape index (κ1) is 26.3. The van der Waals surface area contributed by atoms with Crippen molar-refractivity contribution in [2.24, 2.45) is 0 Å². The van der Waals surface area contributed by atoms with Crippen LogP contribution in [0.15, 0.2) is 129 Å². The van der Waals surface area contributed by atoms with Crippen LogP contribution in [-0.4, -0.2) is 12.6 Å². The minimum Gasteiger partial charge on any atom is -0.463 e. The molecular weight excluding hydrogens is 604 g/mol. The van der Waals surface area contributed by atoms with Gasteiger partial charge in [0.1, 0.15) is 0 Å². The Morgan fingerprint density at radius 3 is 1.95 bits per heavy atom. The van der Waals surface area contributed by atoms with Gasteiger partial charge in [0.25, 0.3) is 0 Å². The zero-order valence-electron chi connectivity index (χ0n) is 21.0. The summed E-state index contributed by atoms with van der Waals surface area (Å²) in [5, 5.41) is 3.60. The van der Waals surface area contributed by atoms with Gasteiger partial charge >= 0.3 is 5.97 Å². The van der Waals surface area contributed by atoms with Crippen molar-refractivity contribution in [1.29, 1.82) is 0 Å². The SMILES string of the molecule is CCOC(=O)C1=C(Nc2ccccc2)C[C@H](c2ccc(Br)cc2)N(c2ccccc2)[C@H]1c1ccc(Br)cc1. The molecule has 2 atom stereocenters. The summed E-state index contributed by atoms with van der Waals surface area (Å²) in [5.41, 5.74) is 5.62. The van der Waals surface area contributed by atoms with Crippen LogP contribution in [0.25, 0.3) is 0 Å². The predicted octanol–water partition coefficient (Wildman–Crippen LogP) is 8.83. The van der Waals surface area contributed by atoms with Gasteiger partial charge < -0.3 is 15.0 Å². The summed E-state index contributed by atoms with van der Waals surface area (Å²) in [5.74, 6) is -0.311.